The van der Waals surface area contributed by atoms with Gasteiger partial charge in [0.1, 0.15) is 35.4 Å². The zero-order valence-electron chi connectivity index (χ0n) is 33.8. The van der Waals surface area contributed by atoms with Crippen molar-refractivity contribution in [1.82, 2.24) is 34.4 Å². The molecule has 0 saturated carbocycles. The second-order valence-corrected chi connectivity index (χ2v) is 15.1. The van der Waals surface area contributed by atoms with E-state index in [0.717, 1.165) is 0 Å². The summed E-state index contributed by atoms with van der Waals surface area (Å²) in [7, 11) is 0. The Morgan fingerprint density at radius 1 is 1.00 bits per heavy atom. The highest BCUT2D eigenvalue weighted by atomic mass is 32.2. The van der Waals surface area contributed by atoms with E-state index in [4.69, 9.17) is 21.7 Å². The van der Waals surface area contributed by atoms with Gasteiger partial charge in [-0.05, 0) is 81.2 Å². The Bertz CT molecular complexity index is 2060. The van der Waals surface area contributed by atoms with Gasteiger partial charge in [0.05, 0.1) is 25.5 Å². The lowest BCUT2D eigenvalue weighted by atomic mass is 10.0. The summed E-state index contributed by atoms with van der Waals surface area (Å²) < 4.78 is 42.6. The molecule has 320 valence electrons. The van der Waals surface area contributed by atoms with Crippen LogP contribution in [0.1, 0.15) is 40.4 Å². The molecule has 2 amide bonds. The number of esters is 1. The molecule has 2 fully saturated rings. The highest BCUT2D eigenvalue weighted by molar-refractivity contribution is 8.00. The Kier molecular flexibility index (Phi) is 15.9. The smallest absolute Gasteiger partial charge is 0.409 e. The Morgan fingerprint density at radius 2 is 1.68 bits per heavy atom. The fourth-order valence-corrected chi connectivity index (χ4v) is 8.48. The van der Waals surface area contributed by atoms with Gasteiger partial charge in [-0.3, -0.25) is 24.4 Å². The number of ether oxygens (including phenoxy) is 2. The van der Waals surface area contributed by atoms with Crippen molar-refractivity contribution in [3.05, 3.63) is 76.0 Å². The fraction of sp³-hybridized carbons (Fsp3) is 0.487. The van der Waals surface area contributed by atoms with Gasteiger partial charge in [0.25, 0.3) is 0 Å². The van der Waals surface area contributed by atoms with Crippen LogP contribution in [-0.2, 0) is 37.1 Å². The molecule has 3 N–H and O–H groups in total. The molecular formula is C39H51F2N9O7S2. The monoisotopic (exact) mass is 859 g/mol. The van der Waals surface area contributed by atoms with E-state index in [9.17, 15) is 28.7 Å². The van der Waals surface area contributed by atoms with Crippen molar-refractivity contribution in [1.29, 1.82) is 0 Å². The molecule has 16 nitrogen and oxygen atoms in total. The van der Waals surface area contributed by atoms with Crippen molar-refractivity contribution >= 4 is 59.3 Å². The first-order valence-corrected chi connectivity index (χ1v) is 20.9. The number of rotatable bonds is 15. The lowest BCUT2D eigenvalue weighted by Crippen LogP contribution is -2.70. The lowest BCUT2D eigenvalue weighted by Gasteiger charge is -2.49. The quantitative estimate of drug-likeness (QED) is 0.110. The van der Waals surface area contributed by atoms with Gasteiger partial charge in [0.15, 0.2) is 5.82 Å². The van der Waals surface area contributed by atoms with Gasteiger partial charge in [-0.2, -0.15) is 5.10 Å². The van der Waals surface area contributed by atoms with Crippen molar-refractivity contribution in [2.24, 2.45) is 0 Å². The highest BCUT2D eigenvalue weighted by Crippen LogP contribution is 2.40. The lowest BCUT2D eigenvalue weighted by molar-refractivity contribution is -0.149. The van der Waals surface area contributed by atoms with Crippen molar-refractivity contribution in [2.45, 2.75) is 59.2 Å². The number of carboxylic acid groups (broad SMARTS) is 1. The number of aromatic nitrogens is 3. The van der Waals surface area contributed by atoms with Gasteiger partial charge in [0.2, 0.25) is 10.7 Å². The number of β-lactam (4-membered cyclic amide) rings is 1. The topological polar surface area (TPSA) is 167 Å². The third kappa shape index (κ3) is 10.8. The number of amides is 2. The molecule has 2 unspecified atom stereocenters. The molecule has 0 bridgehead atoms. The van der Waals surface area contributed by atoms with Crippen LogP contribution in [0.15, 0.2) is 53.7 Å². The normalized spacial score (nSPS) is 17.6. The third-order valence-corrected chi connectivity index (χ3v) is 11.8. The molecule has 20 heteroatoms. The van der Waals surface area contributed by atoms with Crippen molar-refractivity contribution in [2.75, 3.05) is 75.0 Å². The van der Waals surface area contributed by atoms with Crippen LogP contribution in [0, 0.1) is 16.4 Å². The SMILES string of the molecule is CCN(CC)CC.CCOC(=O)N1CCN(c2ccc(NCc3nn(CNC4C(=O)N5C(C(=O)O)=C(COC(C)=O)CSC45)c(=S)n3-c3ccc(F)cc3)cc2F)CC1. The summed E-state index contributed by atoms with van der Waals surface area (Å²) in [5, 5.41) is 20.3. The van der Waals surface area contributed by atoms with Gasteiger partial charge in [-0.1, -0.05) is 20.8 Å². The zero-order chi connectivity index (χ0) is 42.8. The molecule has 2 saturated heterocycles. The summed E-state index contributed by atoms with van der Waals surface area (Å²) in [6, 6.07) is 9.69. The summed E-state index contributed by atoms with van der Waals surface area (Å²) in [5.41, 5.74) is 1.55. The molecule has 1 aromatic heterocycles. The Hall–Kier alpha value is -5.05. The van der Waals surface area contributed by atoms with E-state index in [1.807, 2.05) is 4.90 Å². The summed E-state index contributed by atoms with van der Waals surface area (Å²) in [4.78, 5) is 55.6. The van der Waals surface area contributed by atoms with Crippen LogP contribution in [0.4, 0.5) is 25.0 Å². The number of carboxylic acids is 1. The Labute approximate surface area is 351 Å². The highest BCUT2D eigenvalue weighted by Gasteiger charge is 2.53. The van der Waals surface area contributed by atoms with E-state index in [1.54, 1.807) is 40.7 Å². The summed E-state index contributed by atoms with van der Waals surface area (Å²) in [5.74, 6) is -2.53. The number of anilines is 2. The predicted molar refractivity (Wildman–Crippen MR) is 222 cm³/mol. The average molecular weight is 860 g/mol. The number of thioether (sulfide) groups is 1. The number of carbonyl (C=O) groups excluding carboxylic acids is 3. The summed E-state index contributed by atoms with van der Waals surface area (Å²) in [6.45, 7) is 15.0. The van der Waals surface area contributed by atoms with Crippen LogP contribution >= 0.6 is 24.0 Å². The average Bonchev–Trinajstić information content (AvgIpc) is 3.54. The molecule has 2 aromatic carbocycles. The van der Waals surface area contributed by atoms with E-state index in [-0.39, 0.29) is 48.7 Å². The number of hydrogen-bond donors (Lipinski definition) is 3. The standard InChI is InChI=1S/C33H36F2N8O7S2.C6H15N/c1-3-49-33(48)40-12-10-39(11-13-40)25-9-6-22(14-24(25)35)36-15-26-38-41(32(51)42(26)23-7-4-21(34)5-8-23)18-37-27-29(45)43-28(31(46)47)20(16-50-19(2)44)17-52-30(27)43;1-4-7(5-2)6-3/h4-9,14,27,30,36-37H,3,10-13,15-18H2,1-2H3,(H,46,47);4-6H2,1-3H3. The molecule has 3 aliphatic heterocycles. The maximum absolute atomic E-state index is 15.4. The largest absolute Gasteiger partial charge is 0.477 e. The second-order valence-electron chi connectivity index (χ2n) is 13.6. The van der Waals surface area contributed by atoms with Crippen LogP contribution < -0.4 is 15.5 Å². The minimum Gasteiger partial charge on any atom is -0.477 e. The number of benzene rings is 2. The van der Waals surface area contributed by atoms with Gasteiger partial charge in [0, 0.05) is 55.8 Å². The van der Waals surface area contributed by atoms with Crippen molar-refractivity contribution in [3.63, 3.8) is 0 Å². The number of hydrogen-bond acceptors (Lipinski definition) is 13. The number of aliphatic carboxylic acids is 1. The molecule has 3 aliphatic rings. The number of halogens is 2. The van der Waals surface area contributed by atoms with E-state index in [0.29, 0.717) is 54.6 Å². The van der Waals surface area contributed by atoms with Crippen LogP contribution in [0.3, 0.4) is 0 Å². The Balaban J connectivity index is 0.000000867. The first-order chi connectivity index (χ1) is 28.3. The number of piperazine rings is 1. The molecule has 3 aromatic rings. The summed E-state index contributed by atoms with van der Waals surface area (Å²) in [6.07, 6.45) is -0.383. The zero-order valence-corrected chi connectivity index (χ0v) is 35.4. The fourth-order valence-electron chi connectivity index (χ4n) is 6.81. The minimum atomic E-state index is -1.29. The molecule has 0 radical (unpaired) electrons. The van der Waals surface area contributed by atoms with E-state index in [1.165, 1.54) is 66.1 Å². The number of fused-ring (bicyclic) bond motifs is 1. The summed E-state index contributed by atoms with van der Waals surface area (Å²) >= 11 is 7.09. The third-order valence-electron chi connectivity index (χ3n) is 10.0. The van der Waals surface area contributed by atoms with Crippen LogP contribution in [-0.4, -0.2) is 134 Å². The number of nitrogens with zero attached hydrogens (tertiary/aromatic N) is 7. The van der Waals surface area contributed by atoms with Crippen LogP contribution in [0.2, 0.25) is 0 Å². The number of carbonyl (C=O) groups is 4. The molecule has 4 heterocycles. The van der Waals surface area contributed by atoms with Gasteiger partial charge < -0.3 is 34.6 Å². The van der Waals surface area contributed by atoms with Gasteiger partial charge >= 0.3 is 18.0 Å². The van der Waals surface area contributed by atoms with Crippen molar-refractivity contribution < 1.29 is 42.5 Å². The molecule has 0 aliphatic carbocycles. The second kappa shape index (κ2) is 20.8. The number of nitrogens with one attached hydrogen (secondary N) is 2. The molecule has 59 heavy (non-hydrogen) atoms. The molecule has 2 atom stereocenters. The maximum atomic E-state index is 15.4. The van der Waals surface area contributed by atoms with Crippen LogP contribution in [0.5, 0.6) is 0 Å². The first kappa shape index (κ1) is 45.0. The molecule has 0 spiro atoms. The predicted octanol–water partition coefficient (Wildman–Crippen LogP) is 4.65. The Morgan fingerprint density at radius 3 is 2.25 bits per heavy atom. The van der Waals surface area contributed by atoms with Crippen molar-refractivity contribution in [3.8, 4) is 5.69 Å². The van der Waals surface area contributed by atoms with Crippen LogP contribution in [0.25, 0.3) is 5.69 Å². The molecule has 6 rings (SSSR count). The molecular weight excluding hydrogens is 809 g/mol. The van der Waals surface area contributed by atoms with E-state index >= 15 is 4.39 Å². The maximum Gasteiger partial charge on any atom is 0.409 e. The van der Waals surface area contributed by atoms with E-state index < -0.39 is 40.9 Å². The van der Waals surface area contributed by atoms with Gasteiger partial charge in [-0.25, -0.2) is 23.1 Å². The minimum absolute atomic E-state index is 0.0134. The van der Waals surface area contributed by atoms with E-state index in [2.05, 4.69) is 41.4 Å². The first-order valence-electron chi connectivity index (χ1n) is 19.4. The van der Waals surface area contributed by atoms with Gasteiger partial charge in [-0.15, -0.1) is 11.8 Å².